The van der Waals surface area contributed by atoms with Gasteiger partial charge in [0, 0.05) is 41.0 Å². The van der Waals surface area contributed by atoms with Crippen LogP contribution in [0.2, 0.25) is 0 Å². The second-order valence-electron chi connectivity index (χ2n) is 5.37. The molecule has 2 N–H and O–H groups in total. The fourth-order valence-electron chi connectivity index (χ4n) is 2.64. The molecule has 1 amide bonds. The molecule has 4 rings (SSSR count). The van der Waals surface area contributed by atoms with E-state index >= 15 is 0 Å². The zero-order chi connectivity index (χ0) is 15.6. The Morgan fingerprint density at radius 1 is 0.957 bits per heavy atom. The zero-order valence-electron chi connectivity index (χ0n) is 12.4. The van der Waals surface area contributed by atoms with Crippen LogP contribution in [0.1, 0.15) is 10.4 Å². The highest BCUT2D eigenvalue weighted by Gasteiger charge is 2.08. The summed E-state index contributed by atoms with van der Waals surface area (Å²) in [4.78, 5) is 15.6. The molecule has 4 heteroatoms. The summed E-state index contributed by atoms with van der Waals surface area (Å²) in [6.45, 7) is 0. The van der Waals surface area contributed by atoms with Gasteiger partial charge in [-0.3, -0.25) is 4.79 Å². The molecule has 0 aliphatic heterocycles. The molecule has 0 spiro atoms. The fourth-order valence-corrected chi connectivity index (χ4v) is 2.64. The Bertz CT molecular complexity index is 967. The number of hydrogen-bond donors (Lipinski definition) is 2. The molecule has 4 nitrogen and oxygen atoms in total. The van der Waals surface area contributed by atoms with Gasteiger partial charge in [0.25, 0.3) is 5.91 Å². The molecule has 4 aromatic rings. The van der Waals surface area contributed by atoms with E-state index in [1.54, 1.807) is 0 Å². The Balaban J connectivity index is 1.60. The third-order valence-corrected chi connectivity index (χ3v) is 3.82. The molecule has 2 aromatic carbocycles. The lowest BCUT2D eigenvalue weighted by atomic mass is 10.1. The van der Waals surface area contributed by atoms with Crippen LogP contribution in [0.15, 0.2) is 79.3 Å². The largest absolute Gasteiger partial charge is 0.361 e. The normalized spacial score (nSPS) is 10.8. The van der Waals surface area contributed by atoms with Crippen molar-refractivity contribution in [1.82, 2.24) is 9.55 Å². The topological polar surface area (TPSA) is 49.8 Å². The number of benzene rings is 2. The van der Waals surface area contributed by atoms with Crippen LogP contribution in [0.3, 0.4) is 0 Å². The van der Waals surface area contributed by atoms with Crippen LogP contribution in [-0.2, 0) is 0 Å². The minimum absolute atomic E-state index is 0.120. The molecule has 0 radical (unpaired) electrons. The highest BCUT2D eigenvalue weighted by molar-refractivity contribution is 6.05. The molecule has 23 heavy (non-hydrogen) atoms. The van der Waals surface area contributed by atoms with Crippen molar-refractivity contribution in [3.8, 4) is 5.69 Å². The van der Waals surface area contributed by atoms with Crippen LogP contribution in [0, 0.1) is 0 Å². The number of nitrogens with one attached hydrogen (secondary N) is 2. The van der Waals surface area contributed by atoms with E-state index in [9.17, 15) is 4.79 Å². The Labute approximate surface area is 133 Å². The Morgan fingerprint density at radius 3 is 2.70 bits per heavy atom. The van der Waals surface area contributed by atoms with Gasteiger partial charge in [-0.1, -0.05) is 12.1 Å². The molecule has 0 fully saturated rings. The Morgan fingerprint density at radius 2 is 1.83 bits per heavy atom. The first-order valence-corrected chi connectivity index (χ1v) is 7.41. The number of H-pyrrole nitrogens is 1. The average molecular weight is 301 g/mol. The Hall–Kier alpha value is -3.27. The maximum Gasteiger partial charge on any atom is 0.255 e. The van der Waals surface area contributed by atoms with Gasteiger partial charge in [-0.2, -0.15) is 0 Å². The van der Waals surface area contributed by atoms with Crippen molar-refractivity contribution in [2.45, 2.75) is 0 Å². The molecule has 0 saturated heterocycles. The predicted octanol–water partition coefficient (Wildman–Crippen LogP) is 4.21. The molecule has 0 aliphatic rings. The first-order valence-electron chi connectivity index (χ1n) is 7.41. The van der Waals surface area contributed by atoms with Crippen molar-refractivity contribution in [3.63, 3.8) is 0 Å². The molecule has 112 valence electrons. The van der Waals surface area contributed by atoms with Gasteiger partial charge in [0.15, 0.2) is 0 Å². The van der Waals surface area contributed by atoms with E-state index in [0.29, 0.717) is 5.56 Å². The molecule has 2 aromatic heterocycles. The van der Waals surface area contributed by atoms with Gasteiger partial charge in [-0.05, 0) is 53.9 Å². The van der Waals surface area contributed by atoms with Gasteiger partial charge < -0.3 is 14.9 Å². The summed E-state index contributed by atoms with van der Waals surface area (Å²) in [5, 5.41) is 4.07. The third-order valence-electron chi connectivity index (χ3n) is 3.82. The lowest BCUT2D eigenvalue weighted by Crippen LogP contribution is -2.12. The van der Waals surface area contributed by atoms with E-state index in [0.717, 1.165) is 22.3 Å². The van der Waals surface area contributed by atoms with Crippen LogP contribution in [0.25, 0.3) is 16.6 Å². The van der Waals surface area contributed by atoms with Gasteiger partial charge >= 0.3 is 0 Å². The van der Waals surface area contributed by atoms with E-state index in [-0.39, 0.29) is 5.91 Å². The van der Waals surface area contributed by atoms with E-state index in [1.807, 2.05) is 83.8 Å². The second kappa shape index (κ2) is 5.50. The zero-order valence-corrected chi connectivity index (χ0v) is 12.4. The van der Waals surface area contributed by atoms with Gasteiger partial charge in [0.05, 0.1) is 0 Å². The number of rotatable bonds is 3. The van der Waals surface area contributed by atoms with Crippen LogP contribution in [0.5, 0.6) is 0 Å². The van der Waals surface area contributed by atoms with Gasteiger partial charge in [0.2, 0.25) is 0 Å². The Kier molecular flexibility index (Phi) is 3.20. The molecule has 0 saturated carbocycles. The summed E-state index contributed by atoms with van der Waals surface area (Å²) >= 11 is 0. The lowest BCUT2D eigenvalue weighted by molar-refractivity contribution is 0.102. The van der Waals surface area contributed by atoms with Crippen molar-refractivity contribution in [1.29, 1.82) is 0 Å². The van der Waals surface area contributed by atoms with Crippen LogP contribution in [-0.4, -0.2) is 15.5 Å². The van der Waals surface area contributed by atoms with Gasteiger partial charge in [-0.15, -0.1) is 0 Å². The summed E-state index contributed by atoms with van der Waals surface area (Å²) in [6.07, 6.45) is 5.79. The molecule has 0 aliphatic carbocycles. The van der Waals surface area contributed by atoms with Crippen LogP contribution < -0.4 is 5.32 Å². The summed E-state index contributed by atoms with van der Waals surface area (Å²) < 4.78 is 1.97. The summed E-state index contributed by atoms with van der Waals surface area (Å²) in [7, 11) is 0. The van der Waals surface area contributed by atoms with Crippen molar-refractivity contribution >= 4 is 22.5 Å². The standard InChI is InChI=1S/C19H15N3O/c23-19(21-16-7-6-14-8-9-20-18(14)13-16)15-4-3-5-17(12-15)22-10-1-2-11-22/h1-13,20H,(H,21,23). The van der Waals surface area contributed by atoms with E-state index in [4.69, 9.17) is 0 Å². The molecule has 0 unspecified atom stereocenters. The number of carbonyl (C=O) groups is 1. The number of anilines is 1. The maximum atomic E-state index is 12.5. The molecule has 0 bridgehead atoms. The van der Waals surface area contributed by atoms with Crippen molar-refractivity contribution in [2.24, 2.45) is 0 Å². The monoisotopic (exact) mass is 301 g/mol. The lowest BCUT2D eigenvalue weighted by Gasteiger charge is -2.08. The molecular weight excluding hydrogens is 286 g/mol. The number of fused-ring (bicyclic) bond motifs is 1. The molecular formula is C19H15N3O. The predicted molar refractivity (Wildman–Crippen MR) is 92.0 cm³/mol. The number of amides is 1. The first kappa shape index (κ1) is 13.4. The average Bonchev–Trinajstić information content (AvgIpc) is 3.26. The van der Waals surface area contributed by atoms with Gasteiger partial charge in [-0.25, -0.2) is 0 Å². The highest BCUT2D eigenvalue weighted by Crippen LogP contribution is 2.19. The van der Waals surface area contributed by atoms with Crippen molar-refractivity contribution in [2.75, 3.05) is 5.32 Å². The number of aromatic nitrogens is 2. The molecule has 0 atom stereocenters. The fraction of sp³-hybridized carbons (Fsp3) is 0. The van der Waals surface area contributed by atoms with E-state index in [2.05, 4.69) is 10.3 Å². The second-order valence-corrected chi connectivity index (χ2v) is 5.37. The minimum Gasteiger partial charge on any atom is -0.361 e. The summed E-state index contributed by atoms with van der Waals surface area (Å²) in [5.41, 5.74) is 3.37. The van der Waals surface area contributed by atoms with Crippen LogP contribution in [0.4, 0.5) is 5.69 Å². The first-order chi connectivity index (χ1) is 11.3. The number of aromatic amines is 1. The molecule has 2 heterocycles. The third kappa shape index (κ3) is 2.62. The number of nitrogens with zero attached hydrogens (tertiary/aromatic N) is 1. The van der Waals surface area contributed by atoms with E-state index < -0.39 is 0 Å². The highest BCUT2D eigenvalue weighted by atomic mass is 16.1. The van der Waals surface area contributed by atoms with E-state index in [1.165, 1.54) is 0 Å². The summed E-state index contributed by atoms with van der Waals surface area (Å²) in [5.74, 6) is -0.120. The van der Waals surface area contributed by atoms with Crippen molar-refractivity contribution in [3.05, 3.63) is 84.8 Å². The SMILES string of the molecule is O=C(Nc1ccc2cc[nH]c2c1)c1cccc(-n2cccc2)c1. The van der Waals surface area contributed by atoms with Crippen molar-refractivity contribution < 1.29 is 4.79 Å². The quantitative estimate of drug-likeness (QED) is 0.585. The maximum absolute atomic E-state index is 12.5. The number of hydrogen-bond acceptors (Lipinski definition) is 1. The number of carbonyl (C=O) groups excluding carboxylic acids is 1. The summed E-state index contributed by atoms with van der Waals surface area (Å²) in [6, 6.07) is 19.3. The van der Waals surface area contributed by atoms with Gasteiger partial charge in [0.1, 0.15) is 0 Å². The minimum atomic E-state index is -0.120. The van der Waals surface area contributed by atoms with Crippen LogP contribution >= 0.6 is 0 Å². The smallest absolute Gasteiger partial charge is 0.255 e.